The number of aryl methyl sites for hydroxylation is 2. The molecule has 0 amide bonds. The van der Waals surface area contributed by atoms with Gasteiger partial charge in [-0.2, -0.15) is 0 Å². The lowest BCUT2D eigenvalue weighted by molar-refractivity contribution is 0.281. The summed E-state index contributed by atoms with van der Waals surface area (Å²) in [5.74, 6) is 0.944. The maximum atomic E-state index is 9.08. The van der Waals surface area contributed by atoms with Gasteiger partial charge in [-0.3, -0.25) is 0 Å². The van der Waals surface area contributed by atoms with E-state index in [4.69, 9.17) is 5.11 Å². The Hall–Kier alpha value is -1.46. The predicted molar refractivity (Wildman–Crippen MR) is 73.9 cm³/mol. The molecule has 2 aromatic heterocycles. The van der Waals surface area contributed by atoms with Crippen molar-refractivity contribution in [2.75, 3.05) is 11.9 Å². The molecule has 5 heteroatoms. The SMILES string of the molecule is Cc1cc(CO)cnc1N(C)Cc1scnc1C. The van der Waals surface area contributed by atoms with Crippen LogP contribution >= 0.6 is 11.3 Å². The molecule has 18 heavy (non-hydrogen) atoms. The first-order valence-electron chi connectivity index (χ1n) is 5.78. The third-order valence-corrected chi connectivity index (χ3v) is 3.80. The van der Waals surface area contributed by atoms with Crippen molar-refractivity contribution in [3.63, 3.8) is 0 Å². The van der Waals surface area contributed by atoms with E-state index in [1.54, 1.807) is 17.5 Å². The second-order valence-corrected chi connectivity index (χ2v) is 5.30. The Morgan fingerprint density at radius 3 is 2.67 bits per heavy atom. The maximum Gasteiger partial charge on any atom is 0.131 e. The van der Waals surface area contributed by atoms with Crippen LogP contribution in [0.1, 0.15) is 21.7 Å². The Balaban J connectivity index is 2.19. The molecule has 0 fully saturated rings. The molecule has 0 spiro atoms. The van der Waals surface area contributed by atoms with Gasteiger partial charge in [0, 0.05) is 18.1 Å². The van der Waals surface area contributed by atoms with Crippen LogP contribution in [0.2, 0.25) is 0 Å². The van der Waals surface area contributed by atoms with E-state index < -0.39 is 0 Å². The van der Waals surface area contributed by atoms with Crippen LogP contribution in [0.3, 0.4) is 0 Å². The average molecular weight is 263 g/mol. The van der Waals surface area contributed by atoms with Gasteiger partial charge in [-0.15, -0.1) is 11.3 Å². The summed E-state index contributed by atoms with van der Waals surface area (Å²) in [4.78, 5) is 12.0. The van der Waals surface area contributed by atoms with E-state index in [1.807, 2.05) is 32.5 Å². The van der Waals surface area contributed by atoms with Crippen molar-refractivity contribution in [1.82, 2.24) is 9.97 Å². The van der Waals surface area contributed by atoms with Crippen molar-refractivity contribution in [1.29, 1.82) is 0 Å². The molecule has 1 N–H and O–H groups in total. The highest BCUT2D eigenvalue weighted by molar-refractivity contribution is 7.09. The molecule has 0 unspecified atom stereocenters. The summed E-state index contributed by atoms with van der Waals surface area (Å²) in [5.41, 5.74) is 4.87. The summed E-state index contributed by atoms with van der Waals surface area (Å²) in [5, 5.41) is 9.08. The molecule has 0 atom stereocenters. The van der Waals surface area contributed by atoms with E-state index in [0.29, 0.717) is 0 Å². The molecule has 0 radical (unpaired) electrons. The van der Waals surface area contributed by atoms with Crippen LogP contribution in [0.4, 0.5) is 5.82 Å². The zero-order valence-electron chi connectivity index (χ0n) is 10.8. The molecule has 0 saturated carbocycles. The van der Waals surface area contributed by atoms with E-state index in [9.17, 15) is 0 Å². The molecule has 0 aliphatic rings. The van der Waals surface area contributed by atoms with Gasteiger partial charge in [0.2, 0.25) is 0 Å². The predicted octanol–water partition coefficient (Wildman–Crippen LogP) is 2.28. The Morgan fingerprint density at radius 2 is 2.11 bits per heavy atom. The van der Waals surface area contributed by atoms with E-state index in [-0.39, 0.29) is 6.61 Å². The van der Waals surface area contributed by atoms with Crippen molar-refractivity contribution < 1.29 is 5.11 Å². The van der Waals surface area contributed by atoms with Gasteiger partial charge in [0.25, 0.3) is 0 Å². The lowest BCUT2D eigenvalue weighted by atomic mass is 10.2. The molecular weight excluding hydrogens is 246 g/mol. The molecule has 0 saturated heterocycles. The lowest BCUT2D eigenvalue weighted by Crippen LogP contribution is -2.18. The number of rotatable bonds is 4. The van der Waals surface area contributed by atoms with Crippen molar-refractivity contribution in [3.8, 4) is 0 Å². The monoisotopic (exact) mass is 263 g/mol. The second kappa shape index (κ2) is 5.46. The first-order chi connectivity index (χ1) is 8.61. The van der Waals surface area contributed by atoms with Gasteiger partial charge in [-0.05, 0) is 31.0 Å². The number of pyridine rings is 1. The first-order valence-corrected chi connectivity index (χ1v) is 6.66. The van der Waals surface area contributed by atoms with Gasteiger partial charge in [-0.25, -0.2) is 9.97 Å². The van der Waals surface area contributed by atoms with Crippen LogP contribution in [-0.2, 0) is 13.2 Å². The van der Waals surface area contributed by atoms with Crippen molar-refractivity contribution in [3.05, 3.63) is 39.5 Å². The molecule has 0 aliphatic carbocycles. The van der Waals surface area contributed by atoms with E-state index in [1.165, 1.54) is 4.88 Å². The van der Waals surface area contributed by atoms with Crippen molar-refractivity contribution in [2.45, 2.75) is 27.0 Å². The van der Waals surface area contributed by atoms with Crippen molar-refractivity contribution >= 4 is 17.2 Å². The zero-order chi connectivity index (χ0) is 13.1. The fourth-order valence-electron chi connectivity index (χ4n) is 1.88. The lowest BCUT2D eigenvalue weighted by Gasteiger charge is -2.20. The highest BCUT2D eigenvalue weighted by Gasteiger charge is 2.10. The molecule has 2 heterocycles. The molecule has 0 aliphatic heterocycles. The molecule has 0 aromatic carbocycles. The van der Waals surface area contributed by atoms with Crippen LogP contribution in [0.25, 0.3) is 0 Å². The van der Waals surface area contributed by atoms with Crippen LogP contribution < -0.4 is 4.90 Å². The summed E-state index contributed by atoms with van der Waals surface area (Å²) in [6.45, 7) is 4.88. The van der Waals surface area contributed by atoms with E-state index in [0.717, 1.165) is 29.2 Å². The number of thiazole rings is 1. The zero-order valence-corrected chi connectivity index (χ0v) is 11.7. The summed E-state index contributed by atoms with van der Waals surface area (Å²) in [7, 11) is 2.02. The van der Waals surface area contributed by atoms with Crippen LogP contribution in [0, 0.1) is 13.8 Å². The van der Waals surface area contributed by atoms with E-state index in [2.05, 4.69) is 14.9 Å². The largest absolute Gasteiger partial charge is 0.392 e. The molecule has 0 bridgehead atoms. The second-order valence-electron chi connectivity index (χ2n) is 4.36. The number of hydrogen-bond acceptors (Lipinski definition) is 5. The van der Waals surface area contributed by atoms with Crippen molar-refractivity contribution in [2.24, 2.45) is 0 Å². The molecule has 2 aromatic rings. The van der Waals surface area contributed by atoms with Gasteiger partial charge in [0.05, 0.1) is 24.4 Å². The third kappa shape index (κ3) is 2.68. The number of aromatic nitrogens is 2. The maximum absolute atomic E-state index is 9.08. The summed E-state index contributed by atoms with van der Waals surface area (Å²) in [6, 6.07) is 1.97. The molecular formula is C13H17N3OS. The number of anilines is 1. The normalized spacial score (nSPS) is 10.7. The van der Waals surface area contributed by atoms with Gasteiger partial charge in [0.1, 0.15) is 5.82 Å². The minimum Gasteiger partial charge on any atom is -0.392 e. The van der Waals surface area contributed by atoms with Gasteiger partial charge >= 0.3 is 0 Å². The van der Waals surface area contributed by atoms with Gasteiger partial charge in [-0.1, -0.05) is 0 Å². The Kier molecular flexibility index (Phi) is 3.93. The highest BCUT2D eigenvalue weighted by atomic mass is 32.1. The number of nitrogens with zero attached hydrogens (tertiary/aromatic N) is 3. The topological polar surface area (TPSA) is 49.3 Å². The van der Waals surface area contributed by atoms with Gasteiger partial charge < -0.3 is 10.0 Å². The van der Waals surface area contributed by atoms with Crippen LogP contribution in [0.15, 0.2) is 17.8 Å². The summed E-state index contributed by atoms with van der Waals surface area (Å²) in [6.07, 6.45) is 1.72. The summed E-state index contributed by atoms with van der Waals surface area (Å²) >= 11 is 1.67. The minimum atomic E-state index is 0.0335. The molecule has 2 rings (SSSR count). The number of hydrogen-bond donors (Lipinski definition) is 1. The molecule has 96 valence electrons. The quantitative estimate of drug-likeness (QED) is 0.919. The average Bonchev–Trinajstić information content (AvgIpc) is 2.74. The van der Waals surface area contributed by atoms with Crippen LogP contribution in [0.5, 0.6) is 0 Å². The standard InChI is InChI=1S/C13H17N3OS/c1-9-4-11(7-17)5-14-13(9)16(3)6-12-10(2)15-8-18-12/h4-5,8,17H,6-7H2,1-3H3. The number of aliphatic hydroxyl groups excluding tert-OH is 1. The van der Waals surface area contributed by atoms with Gasteiger partial charge in [0.15, 0.2) is 0 Å². The third-order valence-electron chi connectivity index (χ3n) is 2.88. The number of aliphatic hydroxyl groups is 1. The molecule has 4 nitrogen and oxygen atoms in total. The van der Waals surface area contributed by atoms with E-state index >= 15 is 0 Å². The smallest absolute Gasteiger partial charge is 0.131 e. The fraction of sp³-hybridized carbons (Fsp3) is 0.385. The first kappa shape index (κ1) is 13.0. The summed E-state index contributed by atoms with van der Waals surface area (Å²) < 4.78 is 0. The Morgan fingerprint density at radius 1 is 1.33 bits per heavy atom. The Labute approximate surface area is 111 Å². The van der Waals surface area contributed by atoms with Crippen LogP contribution in [-0.4, -0.2) is 22.1 Å². The highest BCUT2D eigenvalue weighted by Crippen LogP contribution is 2.21. The Bertz CT molecular complexity index is 539. The minimum absolute atomic E-state index is 0.0335. The fourth-order valence-corrected chi connectivity index (χ4v) is 2.71.